The highest BCUT2D eigenvalue weighted by atomic mass is 127. The Labute approximate surface area is 203 Å². The first-order chi connectivity index (χ1) is 14.6. The minimum Gasteiger partial charge on any atom is -0.492 e. The molecule has 1 fully saturated rings. The van der Waals surface area contributed by atoms with Crippen LogP contribution in [0.3, 0.4) is 0 Å². The highest BCUT2D eigenvalue weighted by Gasteiger charge is 2.21. The molecule has 0 bridgehead atoms. The zero-order chi connectivity index (χ0) is 21.2. The standard InChI is InChI=1S/C24H34N4O2.HI/c1-19-16-28(17-20(2)30-19)18-22-11-9-21(10-12-22)15-27-24(25-3)26-13-14-29-23-7-5-4-6-8-23;/h4-12,19-20H,13-18H2,1-3H3,(H2,25,26,27);1H. The fraction of sp³-hybridized carbons (Fsp3) is 0.458. The Balaban J connectivity index is 0.00000341. The van der Waals surface area contributed by atoms with E-state index < -0.39 is 0 Å². The molecule has 1 saturated heterocycles. The zero-order valence-corrected chi connectivity index (χ0v) is 21.0. The summed E-state index contributed by atoms with van der Waals surface area (Å²) in [5, 5.41) is 6.63. The molecule has 2 atom stereocenters. The van der Waals surface area contributed by atoms with Gasteiger partial charge in [-0.25, -0.2) is 0 Å². The normalized spacial score (nSPS) is 19.4. The van der Waals surface area contributed by atoms with Gasteiger partial charge in [0, 0.05) is 33.2 Å². The van der Waals surface area contributed by atoms with Crippen molar-refractivity contribution in [2.24, 2.45) is 4.99 Å². The maximum atomic E-state index is 5.82. The van der Waals surface area contributed by atoms with E-state index in [4.69, 9.17) is 9.47 Å². The van der Waals surface area contributed by atoms with E-state index in [0.29, 0.717) is 25.4 Å². The number of ether oxygens (including phenoxy) is 2. The number of nitrogens with one attached hydrogen (secondary N) is 2. The second-order valence-corrected chi connectivity index (χ2v) is 7.78. The van der Waals surface area contributed by atoms with Gasteiger partial charge in [0.15, 0.2) is 5.96 Å². The summed E-state index contributed by atoms with van der Waals surface area (Å²) in [5.41, 5.74) is 2.56. The first kappa shape index (κ1) is 25.4. The Morgan fingerprint density at radius 2 is 1.65 bits per heavy atom. The molecule has 0 radical (unpaired) electrons. The molecule has 3 rings (SSSR count). The van der Waals surface area contributed by atoms with Crippen LogP contribution in [-0.2, 0) is 17.8 Å². The van der Waals surface area contributed by atoms with Crippen molar-refractivity contribution in [3.63, 3.8) is 0 Å². The zero-order valence-electron chi connectivity index (χ0n) is 18.7. The smallest absolute Gasteiger partial charge is 0.191 e. The number of aliphatic imine (C=N–C) groups is 1. The minimum absolute atomic E-state index is 0. The second-order valence-electron chi connectivity index (χ2n) is 7.78. The van der Waals surface area contributed by atoms with E-state index >= 15 is 0 Å². The van der Waals surface area contributed by atoms with Crippen molar-refractivity contribution in [2.45, 2.75) is 39.1 Å². The molecule has 2 N–H and O–H groups in total. The van der Waals surface area contributed by atoms with E-state index in [0.717, 1.165) is 37.9 Å². The van der Waals surface area contributed by atoms with Crippen LogP contribution < -0.4 is 15.4 Å². The summed E-state index contributed by atoms with van der Waals surface area (Å²) in [7, 11) is 1.78. The van der Waals surface area contributed by atoms with Crippen LogP contribution >= 0.6 is 24.0 Å². The summed E-state index contributed by atoms with van der Waals surface area (Å²) in [6, 6.07) is 18.6. The largest absolute Gasteiger partial charge is 0.492 e. The molecule has 2 aromatic rings. The van der Waals surface area contributed by atoms with Crippen molar-refractivity contribution in [3.8, 4) is 5.75 Å². The van der Waals surface area contributed by atoms with Gasteiger partial charge in [0.2, 0.25) is 0 Å². The molecule has 1 heterocycles. The number of para-hydroxylation sites is 1. The molecule has 1 aliphatic rings. The van der Waals surface area contributed by atoms with Crippen LogP contribution in [0.15, 0.2) is 59.6 Å². The van der Waals surface area contributed by atoms with Gasteiger partial charge in [-0.15, -0.1) is 24.0 Å². The lowest BCUT2D eigenvalue weighted by molar-refractivity contribution is -0.0704. The molecule has 0 amide bonds. The van der Waals surface area contributed by atoms with Gasteiger partial charge in [-0.2, -0.15) is 0 Å². The van der Waals surface area contributed by atoms with E-state index in [2.05, 4.69) is 58.6 Å². The van der Waals surface area contributed by atoms with Crippen molar-refractivity contribution in [1.29, 1.82) is 0 Å². The van der Waals surface area contributed by atoms with Gasteiger partial charge in [0.05, 0.1) is 18.8 Å². The third-order valence-electron chi connectivity index (χ3n) is 5.01. The summed E-state index contributed by atoms with van der Waals surface area (Å²) in [4.78, 5) is 6.74. The average molecular weight is 538 g/mol. The Hall–Kier alpha value is -1.84. The van der Waals surface area contributed by atoms with E-state index in [1.54, 1.807) is 7.05 Å². The molecule has 0 saturated carbocycles. The molecule has 7 heteroatoms. The van der Waals surface area contributed by atoms with Crippen LogP contribution in [0, 0.1) is 0 Å². The minimum atomic E-state index is 0. The van der Waals surface area contributed by atoms with E-state index in [1.807, 2.05) is 30.3 Å². The van der Waals surface area contributed by atoms with Crippen LogP contribution in [0.1, 0.15) is 25.0 Å². The molecule has 2 aromatic carbocycles. The van der Waals surface area contributed by atoms with Crippen LogP contribution in [0.25, 0.3) is 0 Å². The van der Waals surface area contributed by atoms with Gasteiger partial charge in [0.1, 0.15) is 12.4 Å². The fourth-order valence-corrected chi connectivity index (χ4v) is 3.70. The lowest BCUT2D eigenvalue weighted by Gasteiger charge is -2.35. The van der Waals surface area contributed by atoms with Crippen molar-refractivity contribution in [3.05, 3.63) is 65.7 Å². The number of hydrogen-bond donors (Lipinski definition) is 2. The Morgan fingerprint density at radius 1 is 1.00 bits per heavy atom. The molecule has 0 aliphatic carbocycles. The predicted octanol–water partition coefficient (Wildman–Crippen LogP) is 3.66. The third-order valence-corrected chi connectivity index (χ3v) is 5.01. The number of guanidine groups is 1. The maximum Gasteiger partial charge on any atom is 0.191 e. The van der Waals surface area contributed by atoms with Crippen LogP contribution in [-0.4, -0.2) is 56.4 Å². The van der Waals surface area contributed by atoms with Crippen LogP contribution in [0.5, 0.6) is 5.75 Å². The number of morpholine rings is 1. The first-order valence-electron chi connectivity index (χ1n) is 10.7. The third kappa shape index (κ3) is 9.04. The molecule has 0 spiro atoms. The van der Waals surface area contributed by atoms with E-state index in [9.17, 15) is 0 Å². The van der Waals surface area contributed by atoms with Gasteiger partial charge in [-0.1, -0.05) is 42.5 Å². The van der Waals surface area contributed by atoms with Crippen molar-refractivity contribution >= 4 is 29.9 Å². The Bertz CT molecular complexity index is 776. The predicted molar refractivity (Wildman–Crippen MR) is 137 cm³/mol. The number of benzene rings is 2. The lowest BCUT2D eigenvalue weighted by Crippen LogP contribution is -2.44. The van der Waals surface area contributed by atoms with Gasteiger partial charge in [-0.05, 0) is 37.1 Å². The highest BCUT2D eigenvalue weighted by Crippen LogP contribution is 2.15. The Morgan fingerprint density at radius 3 is 2.29 bits per heavy atom. The van der Waals surface area contributed by atoms with E-state index in [-0.39, 0.29) is 24.0 Å². The summed E-state index contributed by atoms with van der Waals surface area (Å²) < 4.78 is 11.5. The number of halogens is 1. The Kier molecular flexibility index (Phi) is 11.1. The van der Waals surface area contributed by atoms with Crippen molar-refractivity contribution < 1.29 is 9.47 Å². The summed E-state index contributed by atoms with van der Waals surface area (Å²) >= 11 is 0. The average Bonchev–Trinajstić information content (AvgIpc) is 2.74. The molecular formula is C24H35IN4O2. The molecular weight excluding hydrogens is 503 g/mol. The van der Waals surface area contributed by atoms with Crippen molar-refractivity contribution in [1.82, 2.24) is 15.5 Å². The van der Waals surface area contributed by atoms with Crippen molar-refractivity contribution in [2.75, 3.05) is 33.3 Å². The molecule has 2 unspecified atom stereocenters. The van der Waals surface area contributed by atoms with Gasteiger partial charge < -0.3 is 20.1 Å². The second kappa shape index (κ2) is 13.5. The SMILES string of the molecule is CN=C(NCCOc1ccccc1)NCc1ccc(CN2CC(C)OC(C)C2)cc1.I. The highest BCUT2D eigenvalue weighted by molar-refractivity contribution is 14.0. The monoisotopic (exact) mass is 538 g/mol. The van der Waals surface area contributed by atoms with Gasteiger partial charge in [-0.3, -0.25) is 9.89 Å². The number of nitrogens with zero attached hydrogens (tertiary/aromatic N) is 2. The maximum absolute atomic E-state index is 5.82. The van der Waals surface area contributed by atoms with Crippen LogP contribution in [0.2, 0.25) is 0 Å². The van der Waals surface area contributed by atoms with Gasteiger partial charge >= 0.3 is 0 Å². The van der Waals surface area contributed by atoms with Crippen LogP contribution in [0.4, 0.5) is 0 Å². The number of hydrogen-bond acceptors (Lipinski definition) is 4. The first-order valence-corrected chi connectivity index (χ1v) is 10.7. The molecule has 170 valence electrons. The number of rotatable bonds is 8. The molecule has 1 aliphatic heterocycles. The molecule has 6 nitrogen and oxygen atoms in total. The molecule has 31 heavy (non-hydrogen) atoms. The lowest BCUT2D eigenvalue weighted by atomic mass is 10.1. The quantitative estimate of drug-likeness (QED) is 0.233. The summed E-state index contributed by atoms with van der Waals surface area (Å²) in [6.45, 7) is 9.23. The summed E-state index contributed by atoms with van der Waals surface area (Å²) in [6.07, 6.45) is 0.601. The topological polar surface area (TPSA) is 58.1 Å². The fourth-order valence-electron chi connectivity index (χ4n) is 3.70. The van der Waals surface area contributed by atoms with E-state index in [1.165, 1.54) is 11.1 Å². The van der Waals surface area contributed by atoms with Gasteiger partial charge in [0.25, 0.3) is 0 Å². The summed E-state index contributed by atoms with van der Waals surface area (Å²) in [5.74, 6) is 1.65. The molecule has 0 aromatic heterocycles.